The van der Waals surface area contributed by atoms with E-state index in [1.807, 2.05) is 7.05 Å². The van der Waals surface area contributed by atoms with E-state index < -0.39 is 0 Å². The molecule has 0 amide bonds. The number of aromatic nitrogens is 3. The summed E-state index contributed by atoms with van der Waals surface area (Å²) < 4.78 is 2.99. The molecular weight excluding hydrogens is 180 g/mol. The van der Waals surface area contributed by atoms with Gasteiger partial charge in [0.25, 0.3) is 0 Å². The first-order valence-electron chi connectivity index (χ1n) is 4.91. The van der Waals surface area contributed by atoms with Gasteiger partial charge >= 0.3 is 5.69 Å². The first-order valence-corrected chi connectivity index (χ1v) is 4.91. The highest BCUT2D eigenvalue weighted by Gasteiger charge is 2.02. The maximum absolute atomic E-state index is 11.4. The van der Waals surface area contributed by atoms with Gasteiger partial charge in [-0.3, -0.25) is 4.57 Å². The number of aryl methyl sites for hydroxylation is 2. The van der Waals surface area contributed by atoms with Crippen LogP contribution in [0.5, 0.6) is 0 Å². The predicted molar refractivity (Wildman–Crippen MR) is 55.2 cm³/mol. The average molecular weight is 198 g/mol. The van der Waals surface area contributed by atoms with Crippen molar-refractivity contribution in [2.45, 2.75) is 32.4 Å². The van der Waals surface area contributed by atoms with E-state index in [1.54, 1.807) is 13.4 Å². The highest BCUT2D eigenvalue weighted by atomic mass is 16.2. The Morgan fingerprint density at radius 2 is 2.36 bits per heavy atom. The van der Waals surface area contributed by atoms with Crippen molar-refractivity contribution in [3.63, 3.8) is 0 Å². The summed E-state index contributed by atoms with van der Waals surface area (Å²) in [5, 5.41) is 7.14. The van der Waals surface area contributed by atoms with Crippen molar-refractivity contribution in [3.05, 3.63) is 16.8 Å². The lowest BCUT2D eigenvalue weighted by molar-refractivity contribution is 0.479. The third-order valence-electron chi connectivity index (χ3n) is 2.39. The Morgan fingerprint density at radius 1 is 1.64 bits per heavy atom. The standard InChI is InChI=1S/C9H18N4O/c1-8(10-2)5-4-6-13-9(14)12(3)7-11-13/h7-8,10H,4-6H2,1-3H3. The van der Waals surface area contributed by atoms with E-state index in [9.17, 15) is 4.79 Å². The lowest BCUT2D eigenvalue weighted by atomic mass is 10.2. The molecule has 1 N–H and O–H groups in total. The van der Waals surface area contributed by atoms with Crippen LogP contribution in [0.1, 0.15) is 19.8 Å². The Balaban J connectivity index is 2.39. The highest BCUT2D eigenvalue weighted by Crippen LogP contribution is 1.96. The SMILES string of the molecule is CNC(C)CCCn1ncn(C)c1=O. The Morgan fingerprint density at radius 3 is 2.86 bits per heavy atom. The molecule has 0 aliphatic heterocycles. The van der Waals surface area contributed by atoms with Crippen molar-refractivity contribution in [1.82, 2.24) is 19.7 Å². The lowest BCUT2D eigenvalue weighted by Gasteiger charge is -2.08. The Labute approximate surface area is 83.7 Å². The van der Waals surface area contributed by atoms with Crippen molar-refractivity contribution < 1.29 is 0 Å². The molecule has 0 aliphatic carbocycles. The maximum Gasteiger partial charge on any atom is 0.345 e. The zero-order valence-corrected chi connectivity index (χ0v) is 9.03. The Bertz CT molecular complexity index is 328. The van der Waals surface area contributed by atoms with Gasteiger partial charge in [0.2, 0.25) is 0 Å². The van der Waals surface area contributed by atoms with Crippen molar-refractivity contribution >= 4 is 0 Å². The minimum Gasteiger partial charge on any atom is -0.317 e. The maximum atomic E-state index is 11.4. The normalized spacial score (nSPS) is 13.1. The van der Waals surface area contributed by atoms with Gasteiger partial charge in [-0.1, -0.05) is 0 Å². The molecule has 1 aromatic rings. The quantitative estimate of drug-likeness (QED) is 0.723. The molecule has 0 aliphatic rings. The summed E-state index contributed by atoms with van der Waals surface area (Å²) in [6.45, 7) is 2.83. The van der Waals surface area contributed by atoms with Crippen LogP contribution in [0, 0.1) is 0 Å². The molecule has 1 unspecified atom stereocenters. The van der Waals surface area contributed by atoms with Crippen LogP contribution < -0.4 is 11.0 Å². The predicted octanol–water partition coefficient (Wildman–Crippen LogP) is -0.0301. The second kappa shape index (κ2) is 4.95. The molecular formula is C9H18N4O. The van der Waals surface area contributed by atoms with Gasteiger partial charge < -0.3 is 5.32 Å². The van der Waals surface area contributed by atoms with Crippen LogP contribution in [0.15, 0.2) is 11.1 Å². The molecule has 5 nitrogen and oxygen atoms in total. The summed E-state index contributed by atoms with van der Waals surface area (Å²) in [5.74, 6) is 0. The van der Waals surface area contributed by atoms with Gasteiger partial charge in [-0.05, 0) is 26.8 Å². The Kier molecular flexibility index (Phi) is 3.88. The first kappa shape index (κ1) is 11.0. The van der Waals surface area contributed by atoms with E-state index in [1.165, 1.54) is 9.25 Å². The topological polar surface area (TPSA) is 51.9 Å². The molecule has 5 heteroatoms. The summed E-state index contributed by atoms with van der Waals surface area (Å²) in [6, 6.07) is 0.495. The van der Waals surface area contributed by atoms with Gasteiger partial charge in [-0.15, -0.1) is 0 Å². The van der Waals surface area contributed by atoms with E-state index in [-0.39, 0.29) is 5.69 Å². The zero-order chi connectivity index (χ0) is 10.6. The summed E-state index contributed by atoms with van der Waals surface area (Å²) in [7, 11) is 3.65. The van der Waals surface area contributed by atoms with Crippen LogP contribution in [0.4, 0.5) is 0 Å². The van der Waals surface area contributed by atoms with Crippen molar-refractivity contribution in [2.75, 3.05) is 7.05 Å². The van der Waals surface area contributed by atoms with Gasteiger partial charge in [0, 0.05) is 19.6 Å². The lowest BCUT2D eigenvalue weighted by Crippen LogP contribution is -2.25. The molecule has 0 saturated heterocycles. The number of nitrogens with one attached hydrogen (secondary N) is 1. The zero-order valence-electron chi connectivity index (χ0n) is 9.03. The molecule has 0 fully saturated rings. The minimum absolute atomic E-state index is 0.0397. The van der Waals surface area contributed by atoms with E-state index in [4.69, 9.17) is 0 Å². The summed E-state index contributed by atoms with van der Waals surface area (Å²) in [5.41, 5.74) is -0.0397. The summed E-state index contributed by atoms with van der Waals surface area (Å²) in [6.07, 6.45) is 3.57. The first-order chi connectivity index (χ1) is 6.65. The van der Waals surface area contributed by atoms with Gasteiger partial charge in [-0.25, -0.2) is 9.48 Å². The number of hydrogen-bond donors (Lipinski definition) is 1. The van der Waals surface area contributed by atoms with E-state index in [2.05, 4.69) is 17.3 Å². The average Bonchev–Trinajstić information content (AvgIpc) is 2.49. The molecule has 0 bridgehead atoms. The fourth-order valence-corrected chi connectivity index (χ4v) is 1.27. The fraction of sp³-hybridized carbons (Fsp3) is 0.778. The van der Waals surface area contributed by atoms with Crippen LogP contribution in [-0.4, -0.2) is 27.4 Å². The van der Waals surface area contributed by atoms with Crippen molar-refractivity contribution in [2.24, 2.45) is 7.05 Å². The largest absolute Gasteiger partial charge is 0.345 e. The molecule has 1 rings (SSSR count). The molecule has 0 saturated carbocycles. The monoisotopic (exact) mass is 198 g/mol. The molecule has 0 aromatic carbocycles. The fourth-order valence-electron chi connectivity index (χ4n) is 1.27. The van der Waals surface area contributed by atoms with Crippen molar-refractivity contribution in [1.29, 1.82) is 0 Å². The third kappa shape index (κ3) is 2.70. The molecule has 14 heavy (non-hydrogen) atoms. The van der Waals surface area contributed by atoms with E-state index in [0.717, 1.165) is 12.8 Å². The molecule has 0 radical (unpaired) electrons. The second-order valence-corrected chi connectivity index (χ2v) is 3.58. The van der Waals surface area contributed by atoms with E-state index >= 15 is 0 Å². The van der Waals surface area contributed by atoms with Crippen LogP contribution in [0.25, 0.3) is 0 Å². The van der Waals surface area contributed by atoms with Crippen molar-refractivity contribution in [3.8, 4) is 0 Å². The second-order valence-electron chi connectivity index (χ2n) is 3.58. The van der Waals surface area contributed by atoms with E-state index in [0.29, 0.717) is 12.6 Å². The van der Waals surface area contributed by atoms with Crippen LogP contribution in [0.3, 0.4) is 0 Å². The molecule has 1 atom stereocenters. The molecule has 1 heterocycles. The minimum atomic E-state index is -0.0397. The van der Waals surface area contributed by atoms with Crippen LogP contribution in [-0.2, 0) is 13.6 Å². The number of rotatable bonds is 5. The molecule has 80 valence electrons. The number of nitrogens with zero attached hydrogens (tertiary/aromatic N) is 3. The molecule has 0 spiro atoms. The van der Waals surface area contributed by atoms with Gasteiger partial charge in [0.05, 0.1) is 0 Å². The van der Waals surface area contributed by atoms with Gasteiger partial charge in [0.1, 0.15) is 6.33 Å². The van der Waals surface area contributed by atoms with Crippen LogP contribution in [0.2, 0.25) is 0 Å². The third-order valence-corrected chi connectivity index (χ3v) is 2.39. The molecule has 1 aromatic heterocycles. The van der Waals surface area contributed by atoms with Gasteiger partial charge in [-0.2, -0.15) is 5.10 Å². The Hall–Kier alpha value is -1.10. The number of hydrogen-bond acceptors (Lipinski definition) is 3. The smallest absolute Gasteiger partial charge is 0.317 e. The van der Waals surface area contributed by atoms with Crippen LogP contribution >= 0.6 is 0 Å². The summed E-state index contributed by atoms with van der Waals surface area (Å²) in [4.78, 5) is 11.4. The van der Waals surface area contributed by atoms with Gasteiger partial charge in [0.15, 0.2) is 0 Å². The highest BCUT2D eigenvalue weighted by molar-refractivity contribution is 4.65. The summed E-state index contributed by atoms with van der Waals surface area (Å²) >= 11 is 0.